The normalized spacial score (nSPS) is 10.9. The van der Waals surface area contributed by atoms with Crippen molar-refractivity contribution in [3.8, 4) is 17.1 Å². The molecule has 0 fully saturated rings. The average molecular weight is 502 g/mol. The summed E-state index contributed by atoms with van der Waals surface area (Å²) in [4.78, 5) is 4.49. The van der Waals surface area contributed by atoms with E-state index in [1.807, 2.05) is 48.7 Å². The topological polar surface area (TPSA) is 31.0 Å². The Morgan fingerprint density at radius 2 is 1.72 bits per heavy atom. The second kappa shape index (κ2) is 6.32. The summed E-state index contributed by atoms with van der Waals surface area (Å²) in [5.74, 6) is 0.867. The number of imidazole rings is 1. The van der Waals surface area contributed by atoms with Gasteiger partial charge in [-0.05, 0) is 18.2 Å². The van der Waals surface area contributed by atoms with Crippen molar-refractivity contribution in [2.24, 2.45) is 0 Å². The molecule has 0 aliphatic rings. The van der Waals surface area contributed by atoms with Crippen molar-refractivity contribution < 1.29 is 24.5 Å². The quantitative estimate of drug-likeness (QED) is 0.310. The number of furan rings is 1. The first-order valence-electron chi connectivity index (χ1n) is 7.82. The van der Waals surface area contributed by atoms with E-state index in [2.05, 4.69) is 39.9 Å². The van der Waals surface area contributed by atoms with Gasteiger partial charge in [-0.25, -0.2) is 0 Å². The van der Waals surface area contributed by atoms with Crippen molar-refractivity contribution in [2.45, 2.75) is 0 Å². The second-order valence-electron chi connectivity index (χ2n) is 5.68. The molecule has 1 radical (unpaired) electrons. The summed E-state index contributed by atoms with van der Waals surface area (Å²) in [5, 5.41) is 2.27. The number of nitrogens with zero attached hydrogens (tertiary/aromatic N) is 2. The Morgan fingerprint density at radius 1 is 0.880 bits per heavy atom. The number of aromatic nitrogens is 2. The van der Waals surface area contributed by atoms with Crippen LogP contribution in [0.4, 0.5) is 0 Å². The Labute approximate surface area is 158 Å². The minimum atomic E-state index is 0. The van der Waals surface area contributed by atoms with Crippen LogP contribution in [-0.2, 0) is 20.1 Å². The molecule has 0 N–H and O–H groups in total. The van der Waals surface area contributed by atoms with Crippen LogP contribution in [0.3, 0.4) is 0 Å². The molecule has 0 aliphatic heterocycles. The van der Waals surface area contributed by atoms with E-state index in [0.29, 0.717) is 0 Å². The zero-order valence-electron chi connectivity index (χ0n) is 13.1. The fourth-order valence-electron chi connectivity index (χ4n) is 3.11. The molecule has 2 heterocycles. The minimum absolute atomic E-state index is 0. The van der Waals surface area contributed by atoms with Gasteiger partial charge in [0.2, 0.25) is 0 Å². The number of fused-ring (bicyclic) bond motifs is 3. The molecule has 5 rings (SSSR count). The minimum Gasteiger partial charge on any atom is -0.456 e. The number of hydrogen-bond donors (Lipinski definition) is 0. The summed E-state index contributed by atoms with van der Waals surface area (Å²) in [6.07, 6.45) is 3.76. The predicted octanol–water partition coefficient (Wildman–Crippen LogP) is 5.24. The fraction of sp³-hybridized carbons (Fsp3) is 0. The molecule has 0 atom stereocenters. The van der Waals surface area contributed by atoms with Crippen molar-refractivity contribution in [3.05, 3.63) is 85.2 Å². The Morgan fingerprint density at radius 3 is 2.60 bits per heavy atom. The Kier molecular flexibility index (Phi) is 4.00. The van der Waals surface area contributed by atoms with Crippen molar-refractivity contribution in [2.75, 3.05) is 0 Å². The van der Waals surface area contributed by atoms with Gasteiger partial charge in [0.05, 0.1) is 5.82 Å². The van der Waals surface area contributed by atoms with Crippen molar-refractivity contribution in [1.29, 1.82) is 0 Å². The third-order valence-corrected chi connectivity index (χ3v) is 4.23. The number of benzene rings is 3. The Balaban J connectivity index is 0.00000157. The van der Waals surface area contributed by atoms with Gasteiger partial charge < -0.3 is 8.98 Å². The molecular formula is C21H13IrN2O-. The number of hydrogen-bond acceptors (Lipinski definition) is 2. The van der Waals surface area contributed by atoms with Crippen LogP contribution in [0.5, 0.6) is 0 Å². The van der Waals surface area contributed by atoms with Gasteiger partial charge in [0.1, 0.15) is 11.2 Å². The first kappa shape index (κ1) is 15.8. The van der Waals surface area contributed by atoms with E-state index in [9.17, 15) is 0 Å². The molecule has 0 saturated heterocycles. The first-order chi connectivity index (χ1) is 11.9. The summed E-state index contributed by atoms with van der Waals surface area (Å²) in [6.45, 7) is 0. The molecule has 0 unspecified atom stereocenters. The zero-order valence-corrected chi connectivity index (χ0v) is 15.5. The smallest absolute Gasteiger partial charge is 0.137 e. The van der Waals surface area contributed by atoms with E-state index in [4.69, 9.17) is 4.42 Å². The van der Waals surface area contributed by atoms with Crippen LogP contribution in [0.25, 0.3) is 39.0 Å². The van der Waals surface area contributed by atoms with E-state index in [-0.39, 0.29) is 20.1 Å². The summed E-state index contributed by atoms with van der Waals surface area (Å²) in [5.41, 5.74) is 3.77. The molecule has 25 heavy (non-hydrogen) atoms. The summed E-state index contributed by atoms with van der Waals surface area (Å²) >= 11 is 0. The van der Waals surface area contributed by atoms with Crippen molar-refractivity contribution in [1.82, 2.24) is 9.55 Å². The van der Waals surface area contributed by atoms with E-state index in [0.717, 1.165) is 39.0 Å². The van der Waals surface area contributed by atoms with Crippen LogP contribution >= 0.6 is 0 Å². The third-order valence-electron chi connectivity index (χ3n) is 4.23. The van der Waals surface area contributed by atoms with Crippen LogP contribution in [0.1, 0.15) is 0 Å². The predicted molar refractivity (Wildman–Crippen MR) is 95.1 cm³/mol. The second-order valence-corrected chi connectivity index (χ2v) is 5.68. The van der Waals surface area contributed by atoms with Gasteiger partial charge in [0.25, 0.3) is 0 Å². The van der Waals surface area contributed by atoms with E-state index in [1.165, 1.54) is 0 Å². The maximum Gasteiger partial charge on any atom is 0.137 e. The molecule has 0 spiro atoms. The van der Waals surface area contributed by atoms with E-state index < -0.39 is 0 Å². The molecular weight excluding hydrogens is 488 g/mol. The van der Waals surface area contributed by atoms with Crippen LogP contribution < -0.4 is 0 Å². The monoisotopic (exact) mass is 502 g/mol. The SMILES string of the molecule is [Ir].[c-]1ccccc1-c1nccn1-c1ccc2c(c1)oc1ccccc12. The van der Waals surface area contributed by atoms with Crippen LogP contribution in [0, 0.1) is 6.07 Å². The first-order valence-corrected chi connectivity index (χ1v) is 7.82. The van der Waals surface area contributed by atoms with Crippen LogP contribution in [0.15, 0.2) is 83.5 Å². The molecule has 0 saturated carbocycles. The summed E-state index contributed by atoms with van der Waals surface area (Å²) in [7, 11) is 0. The number of para-hydroxylation sites is 1. The van der Waals surface area contributed by atoms with Crippen molar-refractivity contribution >= 4 is 21.9 Å². The molecule has 0 amide bonds. The molecule has 4 heteroatoms. The molecule has 2 aromatic heterocycles. The van der Waals surface area contributed by atoms with E-state index >= 15 is 0 Å². The average Bonchev–Trinajstić information content (AvgIpc) is 3.26. The summed E-state index contributed by atoms with van der Waals surface area (Å²) < 4.78 is 8.05. The van der Waals surface area contributed by atoms with Crippen LogP contribution in [-0.4, -0.2) is 9.55 Å². The molecule has 0 aliphatic carbocycles. The standard InChI is InChI=1S/C21H13N2O.Ir/c1-2-6-15(7-3-1)21-22-12-13-23(21)16-10-11-18-17-8-4-5-9-19(17)24-20(18)14-16;/h1-6,8-14H;/q-1;. The van der Waals surface area contributed by atoms with Gasteiger partial charge >= 0.3 is 0 Å². The Hall–Kier alpha value is -2.68. The van der Waals surface area contributed by atoms with Crippen molar-refractivity contribution in [3.63, 3.8) is 0 Å². The molecule has 123 valence electrons. The van der Waals surface area contributed by atoms with E-state index in [1.54, 1.807) is 6.20 Å². The summed E-state index contributed by atoms with van der Waals surface area (Å²) in [6, 6.07) is 25.5. The maximum atomic E-state index is 6.00. The van der Waals surface area contributed by atoms with Gasteiger partial charge in [0.15, 0.2) is 0 Å². The maximum absolute atomic E-state index is 6.00. The third kappa shape index (κ3) is 2.60. The molecule has 0 bridgehead atoms. The van der Waals surface area contributed by atoms with Gasteiger partial charge in [-0.1, -0.05) is 18.2 Å². The van der Waals surface area contributed by atoms with Gasteiger partial charge in [-0.3, -0.25) is 4.98 Å². The van der Waals surface area contributed by atoms with Crippen LogP contribution in [0.2, 0.25) is 0 Å². The largest absolute Gasteiger partial charge is 0.456 e. The molecule has 5 aromatic rings. The van der Waals surface area contributed by atoms with Gasteiger partial charge in [0, 0.05) is 55.0 Å². The molecule has 3 aromatic carbocycles. The Bertz CT molecular complexity index is 1160. The van der Waals surface area contributed by atoms with Gasteiger partial charge in [-0.15, -0.1) is 35.9 Å². The zero-order chi connectivity index (χ0) is 15.9. The molecule has 3 nitrogen and oxygen atoms in total. The fourth-order valence-corrected chi connectivity index (χ4v) is 3.11. The number of rotatable bonds is 2. The van der Waals surface area contributed by atoms with Gasteiger partial charge in [-0.2, -0.15) is 0 Å².